The van der Waals surface area contributed by atoms with Crippen molar-refractivity contribution in [2.45, 2.75) is 70.9 Å². The highest BCUT2D eigenvalue weighted by atomic mass is 127. The van der Waals surface area contributed by atoms with Gasteiger partial charge in [-0.15, -0.1) is 24.0 Å². The van der Waals surface area contributed by atoms with E-state index < -0.39 is 0 Å². The van der Waals surface area contributed by atoms with Gasteiger partial charge in [0.15, 0.2) is 5.96 Å². The second kappa shape index (κ2) is 12.6. The van der Waals surface area contributed by atoms with Crippen LogP contribution in [0, 0.1) is 5.92 Å². The molecule has 0 spiro atoms. The molecule has 178 valence electrons. The Hall–Kier alpha value is -1.58. The van der Waals surface area contributed by atoms with E-state index in [-0.39, 0.29) is 35.9 Å². The summed E-state index contributed by atoms with van der Waals surface area (Å²) < 4.78 is 0. The molecule has 3 fully saturated rings. The number of rotatable bonds is 6. The fraction of sp³-hybridized carbons (Fsp3) is 0.708. The standard InChI is InChI=1S/C24H38N6O.HI/c1-2-25-24(27-17-19-10-11-22(26-16-19)29-13-6-7-14-29)28-21-12-15-30(18-21)23(31)20-8-4-3-5-9-20;/h10-11,16,20-21H,2-9,12-15,17-18H2,1H3,(H2,25,27,28);1H. The number of pyridine rings is 1. The number of nitrogens with zero attached hydrogens (tertiary/aromatic N) is 4. The van der Waals surface area contributed by atoms with E-state index in [1.807, 2.05) is 6.20 Å². The number of hydrogen-bond acceptors (Lipinski definition) is 4. The SMILES string of the molecule is CCNC(=NCc1ccc(N2CCCC2)nc1)NC1CCN(C(=O)C2CCCCC2)C1.I. The van der Waals surface area contributed by atoms with E-state index in [1.165, 1.54) is 32.1 Å². The number of carbonyl (C=O) groups is 1. The van der Waals surface area contributed by atoms with Crippen LogP contribution in [-0.4, -0.2) is 60.5 Å². The Balaban J connectivity index is 0.00000289. The molecule has 2 aliphatic heterocycles. The van der Waals surface area contributed by atoms with Crippen LogP contribution in [0.2, 0.25) is 0 Å². The first-order valence-electron chi connectivity index (χ1n) is 12.3. The van der Waals surface area contributed by atoms with Crippen molar-refractivity contribution >= 4 is 41.7 Å². The third kappa shape index (κ3) is 6.71. The van der Waals surface area contributed by atoms with Crippen LogP contribution in [0.1, 0.15) is 63.9 Å². The van der Waals surface area contributed by atoms with E-state index in [2.05, 4.69) is 44.5 Å². The molecule has 4 rings (SSSR count). The Morgan fingerprint density at radius 1 is 1.09 bits per heavy atom. The van der Waals surface area contributed by atoms with Gasteiger partial charge in [0.25, 0.3) is 0 Å². The van der Waals surface area contributed by atoms with Gasteiger partial charge in [0.05, 0.1) is 6.54 Å². The van der Waals surface area contributed by atoms with Gasteiger partial charge in [-0.05, 0) is 50.7 Å². The molecule has 1 aromatic rings. The van der Waals surface area contributed by atoms with Crippen LogP contribution in [0.5, 0.6) is 0 Å². The number of likely N-dealkylation sites (tertiary alicyclic amines) is 1. The third-order valence-electron chi connectivity index (χ3n) is 6.80. The quantitative estimate of drug-likeness (QED) is 0.320. The number of aliphatic imine (C=N–C) groups is 1. The molecular weight excluding hydrogens is 515 g/mol. The Morgan fingerprint density at radius 2 is 1.88 bits per heavy atom. The van der Waals surface area contributed by atoms with E-state index in [1.54, 1.807) is 0 Å². The van der Waals surface area contributed by atoms with Gasteiger partial charge in [-0.25, -0.2) is 9.98 Å². The van der Waals surface area contributed by atoms with Gasteiger partial charge < -0.3 is 20.4 Å². The van der Waals surface area contributed by atoms with Crippen molar-refractivity contribution in [1.29, 1.82) is 0 Å². The number of hydrogen-bond donors (Lipinski definition) is 2. The smallest absolute Gasteiger partial charge is 0.225 e. The summed E-state index contributed by atoms with van der Waals surface area (Å²) in [7, 11) is 0. The number of halogens is 1. The second-order valence-corrected chi connectivity index (χ2v) is 9.16. The van der Waals surface area contributed by atoms with Gasteiger partial charge in [0.1, 0.15) is 5.82 Å². The van der Waals surface area contributed by atoms with Crippen molar-refractivity contribution in [1.82, 2.24) is 20.5 Å². The minimum absolute atomic E-state index is 0. The van der Waals surface area contributed by atoms with Crippen LogP contribution in [0.15, 0.2) is 23.3 Å². The summed E-state index contributed by atoms with van der Waals surface area (Å²) in [6.45, 7) is 7.36. The van der Waals surface area contributed by atoms with Gasteiger partial charge in [-0.1, -0.05) is 25.3 Å². The lowest BCUT2D eigenvalue weighted by atomic mass is 9.88. The van der Waals surface area contributed by atoms with Crippen molar-refractivity contribution in [3.8, 4) is 0 Å². The van der Waals surface area contributed by atoms with Crippen LogP contribution in [0.3, 0.4) is 0 Å². The normalized spacial score (nSPS) is 22.0. The average molecular weight is 555 g/mol. The molecule has 1 saturated carbocycles. The molecule has 7 nitrogen and oxygen atoms in total. The van der Waals surface area contributed by atoms with Crippen LogP contribution in [-0.2, 0) is 11.3 Å². The molecule has 3 heterocycles. The predicted molar refractivity (Wildman–Crippen MR) is 141 cm³/mol. The lowest BCUT2D eigenvalue weighted by molar-refractivity contribution is -0.135. The number of amides is 1. The summed E-state index contributed by atoms with van der Waals surface area (Å²) in [5, 5.41) is 6.90. The first kappa shape index (κ1) is 25.1. The van der Waals surface area contributed by atoms with Gasteiger partial charge in [0.2, 0.25) is 5.91 Å². The number of carbonyl (C=O) groups excluding carboxylic acids is 1. The second-order valence-electron chi connectivity index (χ2n) is 9.16. The fourth-order valence-corrected chi connectivity index (χ4v) is 5.01. The first-order valence-corrected chi connectivity index (χ1v) is 12.3. The highest BCUT2D eigenvalue weighted by Crippen LogP contribution is 2.26. The zero-order valence-corrected chi connectivity index (χ0v) is 21.7. The molecule has 0 aromatic carbocycles. The highest BCUT2D eigenvalue weighted by Gasteiger charge is 2.31. The highest BCUT2D eigenvalue weighted by molar-refractivity contribution is 14.0. The summed E-state index contributed by atoms with van der Waals surface area (Å²) >= 11 is 0. The molecule has 0 radical (unpaired) electrons. The Kier molecular flexibility index (Phi) is 9.87. The first-order chi connectivity index (χ1) is 15.2. The molecule has 1 aromatic heterocycles. The minimum atomic E-state index is 0. The van der Waals surface area contributed by atoms with Gasteiger partial charge in [-0.2, -0.15) is 0 Å². The lowest BCUT2D eigenvalue weighted by Gasteiger charge is -2.26. The molecule has 1 atom stereocenters. The molecule has 8 heteroatoms. The maximum Gasteiger partial charge on any atom is 0.225 e. The minimum Gasteiger partial charge on any atom is -0.357 e. The Morgan fingerprint density at radius 3 is 2.56 bits per heavy atom. The fourth-order valence-electron chi connectivity index (χ4n) is 5.01. The Labute approximate surface area is 209 Å². The summed E-state index contributed by atoms with van der Waals surface area (Å²) in [6.07, 6.45) is 11.3. The zero-order valence-electron chi connectivity index (χ0n) is 19.4. The van der Waals surface area contributed by atoms with Crippen LogP contribution in [0.25, 0.3) is 0 Å². The molecule has 0 bridgehead atoms. The number of aromatic nitrogens is 1. The molecule has 2 saturated heterocycles. The molecule has 1 amide bonds. The van der Waals surface area contributed by atoms with Crippen molar-refractivity contribution in [3.05, 3.63) is 23.9 Å². The summed E-state index contributed by atoms with van der Waals surface area (Å²) in [5.41, 5.74) is 1.11. The summed E-state index contributed by atoms with van der Waals surface area (Å²) in [4.78, 5) is 26.7. The molecule has 1 unspecified atom stereocenters. The molecular formula is C24H39IN6O. The number of guanidine groups is 1. The monoisotopic (exact) mass is 554 g/mol. The van der Waals surface area contributed by atoms with Crippen LogP contribution in [0.4, 0.5) is 5.82 Å². The maximum atomic E-state index is 12.8. The molecule has 2 N–H and O–H groups in total. The lowest BCUT2D eigenvalue weighted by Crippen LogP contribution is -2.45. The van der Waals surface area contributed by atoms with E-state index in [9.17, 15) is 4.79 Å². The van der Waals surface area contributed by atoms with Gasteiger partial charge in [0, 0.05) is 50.9 Å². The zero-order chi connectivity index (χ0) is 21.5. The van der Waals surface area contributed by atoms with E-state index in [4.69, 9.17) is 4.99 Å². The maximum absolute atomic E-state index is 12.8. The van der Waals surface area contributed by atoms with E-state index in [0.29, 0.717) is 12.5 Å². The third-order valence-corrected chi connectivity index (χ3v) is 6.80. The van der Waals surface area contributed by atoms with Crippen LogP contribution >= 0.6 is 24.0 Å². The Bertz CT molecular complexity index is 743. The number of anilines is 1. The van der Waals surface area contributed by atoms with E-state index >= 15 is 0 Å². The van der Waals surface area contributed by atoms with Gasteiger partial charge >= 0.3 is 0 Å². The molecule has 1 aliphatic carbocycles. The molecule has 32 heavy (non-hydrogen) atoms. The van der Waals surface area contributed by atoms with Crippen LogP contribution < -0.4 is 15.5 Å². The van der Waals surface area contributed by atoms with Gasteiger partial charge in [-0.3, -0.25) is 4.79 Å². The van der Waals surface area contributed by atoms with E-state index in [0.717, 1.165) is 69.3 Å². The summed E-state index contributed by atoms with van der Waals surface area (Å²) in [5.74, 6) is 2.52. The molecule has 3 aliphatic rings. The van der Waals surface area contributed by atoms with Crippen molar-refractivity contribution < 1.29 is 4.79 Å². The largest absolute Gasteiger partial charge is 0.357 e. The van der Waals surface area contributed by atoms with Crippen molar-refractivity contribution in [3.63, 3.8) is 0 Å². The number of nitrogens with one attached hydrogen (secondary N) is 2. The topological polar surface area (TPSA) is 72.9 Å². The predicted octanol–water partition coefficient (Wildman–Crippen LogP) is 3.54. The summed E-state index contributed by atoms with van der Waals surface area (Å²) in [6, 6.07) is 4.51. The van der Waals surface area contributed by atoms with Crippen molar-refractivity contribution in [2.24, 2.45) is 10.9 Å². The average Bonchev–Trinajstić information content (AvgIpc) is 3.51. The van der Waals surface area contributed by atoms with Crippen molar-refractivity contribution in [2.75, 3.05) is 37.6 Å².